The fraction of sp³-hybridized carbons (Fsp3) is 0.364. The van der Waals surface area contributed by atoms with Crippen molar-refractivity contribution in [2.75, 3.05) is 0 Å². The number of carbonyl (C=O) groups is 1. The zero-order chi connectivity index (χ0) is 9.10. The van der Waals surface area contributed by atoms with Crippen molar-refractivity contribution in [1.82, 2.24) is 0 Å². The van der Waals surface area contributed by atoms with Crippen molar-refractivity contribution >= 4 is 6.47 Å². The van der Waals surface area contributed by atoms with Gasteiger partial charge in [-0.25, -0.2) is 0 Å². The van der Waals surface area contributed by atoms with E-state index in [2.05, 4.69) is 6.07 Å². The molecule has 0 radical (unpaired) electrons. The second kappa shape index (κ2) is 3.60. The van der Waals surface area contributed by atoms with Crippen molar-refractivity contribution in [2.45, 2.75) is 25.7 Å². The number of hydrogen-bond donors (Lipinski definition) is 0. The van der Waals surface area contributed by atoms with Gasteiger partial charge in [0.05, 0.1) is 0 Å². The summed E-state index contributed by atoms with van der Waals surface area (Å²) in [5.74, 6) is 0.743. The fourth-order valence-electron chi connectivity index (χ4n) is 1.91. The van der Waals surface area contributed by atoms with Crippen LogP contribution in [0.4, 0.5) is 0 Å². The van der Waals surface area contributed by atoms with Crippen molar-refractivity contribution < 1.29 is 9.53 Å². The highest BCUT2D eigenvalue weighted by molar-refractivity contribution is 5.50. The van der Waals surface area contributed by atoms with Crippen molar-refractivity contribution in [3.05, 3.63) is 29.3 Å². The second-order valence-electron chi connectivity index (χ2n) is 3.32. The second-order valence-corrected chi connectivity index (χ2v) is 3.32. The van der Waals surface area contributed by atoms with Gasteiger partial charge in [-0.05, 0) is 42.9 Å². The average Bonchev–Trinajstić information content (AvgIpc) is 2.19. The molecule has 0 atom stereocenters. The first kappa shape index (κ1) is 8.30. The van der Waals surface area contributed by atoms with Crippen LogP contribution in [-0.4, -0.2) is 6.47 Å². The molecule has 0 fully saturated rings. The predicted octanol–water partition coefficient (Wildman–Crippen LogP) is 2.10. The first-order valence-corrected chi connectivity index (χ1v) is 4.63. The number of ether oxygens (including phenoxy) is 1. The molecule has 0 heterocycles. The molecule has 2 rings (SSSR count). The minimum Gasteiger partial charge on any atom is -0.428 e. The highest BCUT2D eigenvalue weighted by Gasteiger charge is 2.13. The molecule has 1 aliphatic carbocycles. The van der Waals surface area contributed by atoms with Gasteiger partial charge in [-0.2, -0.15) is 0 Å². The Labute approximate surface area is 77.5 Å². The van der Waals surface area contributed by atoms with E-state index in [9.17, 15) is 4.79 Å². The smallest absolute Gasteiger partial charge is 0.298 e. The Hall–Kier alpha value is -1.31. The van der Waals surface area contributed by atoms with E-state index in [1.807, 2.05) is 12.1 Å². The minimum absolute atomic E-state index is 0.504. The highest BCUT2D eigenvalue weighted by Crippen LogP contribution is 2.28. The first-order chi connectivity index (χ1) is 6.42. The Bertz CT molecular complexity index is 318. The third-order valence-electron chi connectivity index (χ3n) is 2.53. The van der Waals surface area contributed by atoms with Gasteiger partial charge < -0.3 is 4.74 Å². The summed E-state index contributed by atoms with van der Waals surface area (Å²) in [6.07, 6.45) is 4.61. The zero-order valence-corrected chi connectivity index (χ0v) is 7.45. The van der Waals surface area contributed by atoms with Crippen LogP contribution in [0.2, 0.25) is 0 Å². The molecule has 68 valence electrons. The van der Waals surface area contributed by atoms with Crippen molar-refractivity contribution in [1.29, 1.82) is 0 Å². The number of hydrogen-bond acceptors (Lipinski definition) is 2. The number of carbonyl (C=O) groups excluding carboxylic acids is 1. The van der Waals surface area contributed by atoms with Gasteiger partial charge in [0.25, 0.3) is 6.47 Å². The lowest BCUT2D eigenvalue weighted by molar-refractivity contribution is -0.120. The Morgan fingerprint density at radius 1 is 1.23 bits per heavy atom. The van der Waals surface area contributed by atoms with Gasteiger partial charge >= 0.3 is 0 Å². The molecule has 1 aliphatic rings. The number of rotatable bonds is 2. The molecule has 0 saturated carbocycles. The van der Waals surface area contributed by atoms with Crippen molar-refractivity contribution in [2.24, 2.45) is 0 Å². The monoisotopic (exact) mass is 176 g/mol. The summed E-state index contributed by atoms with van der Waals surface area (Å²) in [5.41, 5.74) is 2.56. The molecule has 1 aromatic carbocycles. The molecule has 2 heteroatoms. The molecule has 0 aromatic heterocycles. The van der Waals surface area contributed by atoms with E-state index in [-0.39, 0.29) is 0 Å². The summed E-state index contributed by atoms with van der Waals surface area (Å²) in [6.45, 7) is 0.504. The summed E-state index contributed by atoms with van der Waals surface area (Å²) in [7, 11) is 0. The van der Waals surface area contributed by atoms with E-state index < -0.39 is 0 Å². The maximum Gasteiger partial charge on any atom is 0.298 e. The lowest BCUT2D eigenvalue weighted by Crippen LogP contribution is -2.05. The van der Waals surface area contributed by atoms with Crippen LogP contribution in [-0.2, 0) is 17.6 Å². The zero-order valence-electron chi connectivity index (χ0n) is 7.45. The number of fused-ring (bicyclic) bond motifs is 1. The highest BCUT2D eigenvalue weighted by atomic mass is 16.5. The summed E-state index contributed by atoms with van der Waals surface area (Å²) >= 11 is 0. The number of benzene rings is 1. The number of aryl methyl sites for hydroxylation is 1. The summed E-state index contributed by atoms with van der Waals surface area (Å²) in [5, 5.41) is 0. The molecule has 13 heavy (non-hydrogen) atoms. The van der Waals surface area contributed by atoms with Gasteiger partial charge in [-0.15, -0.1) is 0 Å². The lowest BCUT2D eigenvalue weighted by Gasteiger charge is -2.17. The Kier molecular flexibility index (Phi) is 2.30. The van der Waals surface area contributed by atoms with Gasteiger partial charge in [-0.3, -0.25) is 4.79 Å². The van der Waals surface area contributed by atoms with Gasteiger partial charge in [0.15, 0.2) is 0 Å². The quantitative estimate of drug-likeness (QED) is 0.645. The standard InChI is InChI=1S/C11H12O2/c12-8-13-11-7-3-5-9-4-1-2-6-10(9)11/h3,5,7-8H,1-2,4,6H2. The summed E-state index contributed by atoms with van der Waals surface area (Å²) in [4.78, 5) is 10.2. The maximum absolute atomic E-state index is 10.2. The van der Waals surface area contributed by atoms with Crippen molar-refractivity contribution in [3.8, 4) is 5.75 Å². The first-order valence-electron chi connectivity index (χ1n) is 4.63. The van der Waals surface area contributed by atoms with Gasteiger partial charge in [0, 0.05) is 0 Å². The average molecular weight is 176 g/mol. The van der Waals surface area contributed by atoms with Crippen LogP contribution >= 0.6 is 0 Å². The molecule has 0 spiro atoms. The van der Waals surface area contributed by atoms with Crippen LogP contribution in [0.1, 0.15) is 24.0 Å². The van der Waals surface area contributed by atoms with E-state index in [1.54, 1.807) is 0 Å². The molecule has 0 bridgehead atoms. The predicted molar refractivity (Wildman–Crippen MR) is 49.8 cm³/mol. The van der Waals surface area contributed by atoms with Crippen LogP contribution in [0.15, 0.2) is 18.2 Å². The van der Waals surface area contributed by atoms with Gasteiger partial charge in [0.2, 0.25) is 0 Å². The van der Waals surface area contributed by atoms with Crippen molar-refractivity contribution in [3.63, 3.8) is 0 Å². The van der Waals surface area contributed by atoms with Crippen LogP contribution in [0.3, 0.4) is 0 Å². The summed E-state index contributed by atoms with van der Waals surface area (Å²) in [6, 6.07) is 5.92. The van der Waals surface area contributed by atoms with E-state index in [0.29, 0.717) is 6.47 Å². The van der Waals surface area contributed by atoms with E-state index in [0.717, 1.165) is 18.6 Å². The lowest BCUT2D eigenvalue weighted by atomic mass is 9.91. The SMILES string of the molecule is O=COc1cccc2c1CCCC2. The third-order valence-corrected chi connectivity index (χ3v) is 2.53. The molecule has 0 saturated heterocycles. The Morgan fingerprint density at radius 2 is 2.08 bits per heavy atom. The minimum atomic E-state index is 0.504. The topological polar surface area (TPSA) is 26.3 Å². The van der Waals surface area contributed by atoms with E-state index in [1.165, 1.54) is 24.0 Å². The van der Waals surface area contributed by atoms with E-state index >= 15 is 0 Å². The van der Waals surface area contributed by atoms with Gasteiger partial charge in [0.1, 0.15) is 5.75 Å². The van der Waals surface area contributed by atoms with E-state index in [4.69, 9.17) is 4.74 Å². The molecule has 0 aliphatic heterocycles. The van der Waals surface area contributed by atoms with Crippen LogP contribution in [0.5, 0.6) is 5.75 Å². The summed E-state index contributed by atoms with van der Waals surface area (Å²) < 4.78 is 4.92. The molecule has 0 amide bonds. The molecular weight excluding hydrogens is 164 g/mol. The van der Waals surface area contributed by atoms with Gasteiger partial charge in [-0.1, -0.05) is 12.1 Å². The Morgan fingerprint density at radius 3 is 2.92 bits per heavy atom. The third kappa shape index (κ3) is 1.57. The van der Waals surface area contributed by atoms with Crippen LogP contribution in [0.25, 0.3) is 0 Å². The Balaban J connectivity index is 2.39. The maximum atomic E-state index is 10.2. The molecule has 0 unspecified atom stereocenters. The van der Waals surface area contributed by atoms with Crippen LogP contribution in [0, 0.1) is 0 Å². The normalized spacial score (nSPS) is 14.8. The molecular formula is C11H12O2. The molecule has 0 N–H and O–H groups in total. The fourth-order valence-corrected chi connectivity index (χ4v) is 1.91. The molecule has 2 nitrogen and oxygen atoms in total. The van der Waals surface area contributed by atoms with Crippen LogP contribution < -0.4 is 4.74 Å². The largest absolute Gasteiger partial charge is 0.428 e. The molecule has 1 aromatic rings.